The number of likely N-dealkylation sites (tertiary alicyclic amines) is 1. The molecule has 2 heterocycles. The molecule has 2 amide bonds. The van der Waals surface area contributed by atoms with E-state index in [1.54, 1.807) is 24.0 Å². The lowest BCUT2D eigenvalue weighted by atomic mass is 10.0. The Labute approximate surface area is 196 Å². The fourth-order valence-electron chi connectivity index (χ4n) is 3.96. The van der Waals surface area contributed by atoms with Crippen molar-refractivity contribution in [3.8, 4) is 11.4 Å². The summed E-state index contributed by atoms with van der Waals surface area (Å²) in [6.07, 6.45) is 2.48. The molecule has 1 aliphatic heterocycles. The zero-order valence-corrected chi connectivity index (χ0v) is 19.0. The van der Waals surface area contributed by atoms with Crippen molar-refractivity contribution in [3.63, 3.8) is 0 Å². The van der Waals surface area contributed by atoms with E-state index in [2.05, 4.69) is 10.1 Å². The van der Waals surface area contributed by atoms with Gasteiger partial charge in [0.15, 0.2) is 0 Å². The lowest BCUT2D eigenvalue weighted by Gasteiger charge is -2.35. The molecule has 2 aromatic carbocycles. The average Bonchev–Trinajstić information content (AvgIpc) is 3.33. The maximum Gasteiger partial charge on any atom is 0.254 e. The molecule has 9 heteroatoms. The van der Waals surface area contributed by atoms with E-state index in [-0.39, 0.29) is 24.4 Å². The number of hydrogen-bond acceptors (Lipinski definition) is 5. The Morgan fingerprint density at radius 2 is 2.00 bits per heavy atom. The molecular weight excluding hydrogens is 447 g/mol. The molecule has 33 heavy (non-hydrogen) atoms. The highest BCUT2D eigenvalue weighted by Gasteiger charge is 2.33. The first-order valence-electron chi connectivity index (χ1n) is 10.9. The number of amides is 2. The smallest absolute Gasteiger partial charge is 0.254 e. The van der Waals surface area contributed by atoms with Crippen LogP contribution < -0.4 is 0 Å². The molecule has 0 bridgehead atoms. The van der Waals surface area contributed by atoms with Gasteiger partial charge in [0.2, 0.25) is 17.6 Å². The molecule has 1 aliphatic rings. The zero-order chi connectivity index (χ0) is 23.4. The number of piperidine rings is 1. The van der Waals surface area contributed by atoms with E-state index in [9.17, 15) is 14.0 Å². The van der Waals surface area contributed by atoms with E-state index in [0.717, 1.165) is 18.4 Å². The summed E-state index contributed by atoms with van der Waals surface area (Å²) in [4.78, 5) is 33.7. The molecule has 1 fully saturated rings. The van der Waals surface area contributed by atoms with Gasteiger partial charge in [0.25, 0.3) is 5.91 Å². The minimum absolute atomic E-state index is 0.0848. The third-order valence-corrected chi connectivity index (χ3v) is 5.95. The predicted octanol–water partition coefficient (Wildman–Crippen LogP) is 4.75. The van der Waals surface area contributed by atoms with Gasteiger partial charge in [0.05, 0.1) is 0 Å². The maximum atomic E-state index is 13.2. The van der Waals surface area contributed by atoms with Crippen molar-refractivity contribution in [2.24, 2.45) is 0 Å². The average molecular weight is 471 g/mol. The molecule has 0 N–H and O–H groups in total. The molecule has 4 rings (SSSR count). The fraction of sp³-hybridized carbons (Fsp3) is 0.333. The topological polar surface area (TPSA) is 79.5 Å². The Morgan fingerprint density at radius 3 is 2.73 bits per heavy atom. The van der Waals surface area contributed by atoms with Crippen LogP contribution in [0.4, 0.5) is 4.39 Å². The zero-order valence-electron chi connectivity index (χ0n) is 18.2. The standard InChI is InChI=1S/C24H24ClFN4O3/c1-2-29(24(32)16-9-11-19(26)12-10-16)15-21(31)30-13-4-3-8-20(30)23-27-22(28-33-23)17-6-5-7-18(25)14-17/h5-7,9-12,14,20H,2-4,8,13,15H2,1H3. The molecule has 0 radical (unpaired) electrons. The van der Waals surface area contributed by atoms with Crippen molar-refractivity contribution in [1.82, 2.24) is 19.9 Å². The van der Waals surface area contributed by atoms with Crippen LogP contribution in [0.2, 0.25) is 5.02 Å². The lowest BCUT2D eigenvalue weighted by molar-refractivity contribution is -0.136. The molecule has 1 unspecified atom stereocenters. The Bertz CT molecular complexity index is 1130. The van der Waals surface area contributed by atoms with Gasteiger partial charge in [-0.25, -0.2) is 4.39 Å². The Kier molecular flexibility index (Phi) is 7.03. The van der Waals surface area contributed by atoms with Gasteiger partial charge in [-0.2, -0.15) is 4.98 Å². The van der Waals surface area contributed by atoms with Gasteiger partial charge < -0.3 is 14.3 Å². The summed E-state index contributed by atoms with van der Waals surface area (Å²) in [5, 5.41) is 4.64. The van der Waals surface area contributed by atoms with Crippen molar-refractivity contribution >= 4 is 23.4 Å². The Morgan fingerprint density at radius 1 is 1.21 bits per heavy atom. The number of carbonyl (C=O) groups is 2. The number of nitrogens with zero attached hydrogens (tertiary/aromatic N) is 4. The summed E-state index contributed by atoms with van der Waals surface area (Å²) in [5.41, 5.74) is 1.07. The highest BCUT2D eigenvalue weighted by atomic mass is 35.5. The fourth-order valence-corrected chi connectivity index (χ4v) is 4.15. The van der Waals surface area contributed by atoms with E-state index in [1.165, 1.54) is 29.2 Å². The summed E-state index contributed by atoms with van der Waals surface area (Å²) < 4.78 is 18.7. The first-order valence-corrected chi connectivity index (χ1v) is 11.3. The van der Waals surface area contributed by atoms with Crippen LogP contribution in [0.3, 0.4) is 0 Å². The number of rotatable bonds is 6. The molecule has 7 nitrogen and oxygen atoms in total. The Balaban J connectivity index is 1.50. The van der Waals surface area contributed by atoms with E-state index in [0.29, 0.717) is 41.8 Å². The van der Waals surface area contributed by atoms with Gasteiger partial charge in [-0.3, -0.25) is 9.59 Å². The van der Waals surface area contributed by atoms with Gasteiger partial charge in [0, 0.05) is 29.2 Å². The van der Waals surface area contributed by atoms with E-state index in [1.807, 2.05) is 12.1 Å². The van der Waals surface area contributed by atoms with Gasteiger partial charge in [0.1, 0.15) is 18.4 Å². The number of likely N-dealkylation sites (N-methyl/N-ethyl adjacent to an activating group) is 1. The van der Waals surface area contributed by atoms with Gasteiger partial charge in [-0.1, -0.05) is 28.9 Å². The lowest BCUT2D eigenvalue weighted by Crippen LogP contribution is -2.46. The van der Waals surface area contributed by atoms with Gasteiger partial charge in [-0.15, -0.1) is 0 Å². The first kappa shape index (κ1) is 22.9. The van der Waals surface area contributed by atoms with E-state index in [4.69, 9.17) is 16.1 Å². The molecular formula is C24H24ClFN4O3. The molecule has 1 aromatic heterocycles. The van der Waals surface area contributed by atoms with Crippen LogP contribution in [0, 0.1) is 5.82 Å². The minimum Gasteiger partial charge on any atom is -0.337 e. The third-order valence-electron chi connectivity index (χ3n) is 5.72. The molecule has 1 saturated heterocycles. The summed E-state index contributed by atoms with van der Waals surface area (Å²) >= 11 is 6.06. The molecule has 0 aliphatic carbocycles. The molecule has 172 valence electrons. The maximum absolute atomic E-state index is 13.2. The van der Waals surface area contributed by atoms with Crippen molar-refractivity contribution in [1.29, 1.82) is 0 Å². The van der Waals surface area contributed by atoms with Crippen LogP contribution in [-0.2, 0) is 4.79 Å². The first-order chi connectivity index (χ1) is 16.0. The van der Waals surface area contributed by atoms with Crippen LogP contribution in [0.15, 0.2) is 53.1 Å². The number of hydrogen-bond donors (Lipinski definition) is 0. The van der Waals surface area contributed by atoms with Crippen LogP contribution in [0.5, 0.6) is 0 Å². The molecule has 3 aromatic rings. The van der Waals surface area contributed by atoms with Crippen molar-refractivity contribution in [2.75, 3.05) is 19.6 Å². The highest BCUT2D eigenvalue weighted by Crippen LogP contribution is 2.31. The van der Waals surface area contributed by atoms with E-state index < -0.39 is 5.82 Å². The number of aromatic nitrogens is 2. The summed E-state index contributed by atoms with van der Waals surface area (Å²) in [6, 6.07) is 12.1. The number of carbonyl (C=O) groups excluding carboxylic acids is 2. The van der Waals surface area contributed by atoms with Crippen LogP contribution in [0.25, 0.3) is 11.4 Å². The second-order valence-electron chi connectivity index (χ2n) is 7.89. The van der Waals surface area contributed by atoms with Gasteiger partial charge >= 0.3 is 0 Å². The molecule has 1 atom stereocenters. The molecule has 0 saturated carbocycles. The number of benzene rings is 2. The quantitative estimate of drug-likeness (QED) is 0.519. The second kappa shape index (κ2) is 10.1. The highest BCUT2D eigenvalue weighted by molar-refractivity contribution is 6.30. The second-order valence-corrected chi connectivity index (χ2v) is 8.33. The van der Waals surface area contributed by atoms with Crippen molar-refractivity contribution in [2.45, 2.75) is 32.2 Å². The third kappa shape index (κ3) is 5.22. The van der Waals surface area contributed by atoms with Crippen LogP contribution in [-0.4, -0.2) is 51.4 Å². The van der Waals surface area contributed by atoms with E-state index >= 15 is 0 Å². The van der Waals surface area contributed by atoms with Gasteiger partial charge in [-0.05, 0) is 62.6 Å². The predicted molar refractivity (Wildman–Crippen MR) is 121 cm³/mol. The van der Waals surface area contributed by atoms with Crippen molar-refractivity contribution < 1.29 is 18.5 Å². The minimum atomic E-state index is -0.418. The van der Waals surface area contributed by atoms with Crippen molar-refractivity contribution in [3.05, 3.63) is 70.8 Å². The van der Waals surface area contributed by atoms with Crippen LogP contribution in [0.1, 0.15) is 48.5 Å². The summed E-state index contributed by atoms with van der Waals surface area (Å²) in [5.74, 6) is -0.156. The summed E-state index contributed by atoms with van der Waals surface area (Å²) in [6.45, 7) is 2.61. The largest absolute Gasteiger partial charge is 0.337 e. The SMILES string of the molecule is CCN(CC(=O)N1CCCCC1c1nc(-c2cccc(Cl)c2)no1)C(=O)c1ccc(F)cc1. The Hall–Kier alpha value is -3.26. The summed E-state index contributed by atoms with van der Waals surface area (Å²) in [7, 11) is 0. The monoisotopic (exact) mass is 470 g/mol. The number of halogens is 2. The van der Waals surface area contributed by atoms with Crippen LogP contribution >= 0.6 is 11.6 Å². The normalized spacial score (nSPS) is 16.0. The molecule has 0 spiro atoms.